The van der Waals surface area contributed by atoms with Crippen LogP contribution in [0, 0.1) is 11.8 Å². The second-order valence-electron chi connectivity index (χ2n) is 4.09. The first-order chi connectivity index (χ1) is 7.86. The van der Waals surface area contributed by atoms with Gasteiger partial charge >= 0.3 is 0 Å². The van der Waals surface area contributed by atoms with E-state index in [1.165, 1.54) is 0 Å². The summed E-state index contributed by atoms with van der Waals surface area (Å²) < 4.78 is 11.0. The van der Waals surface area contributed by atoms with E-state index in [4.69, 9.17) is 9.47 Å². The summed E-state index contributed by atoms with van der Waals surface area (Å²) in [5.41, 5.74) is 0. The minimum atomic E-state index is 0.142. The molecule has 0 aromatic heterocycles. The fourth-order valence-corrected chi connectivity index (χ4v) is 2.37. The van der Waals surface area contributed by atoms with Gasteiger partial charge in [-0.25, -0.2) is 0 Å². The molecule has 0 saturated heterocycles. The molecule has 0 heterocycles. The number of hydrogen-bond donors (Lipinski definition) is 0. The Labute approximate surface area is 96.9 Å². The third-order valence-corrected chi connectivity index (χ3v) is 3.24. The van der Waals surface area contributed by atoms with E-state index in [0.717, 1.165) is 0 Å². The number of ether oxygens (including phenoxy) is 2. The molecule has 0 aromatic carbocycles. The van der Waals surface area contributed by atoms with Crippen molar-refractivity contribution in [2.24, 2.45) is 11.8 Å². The molecule has 2 aliphatic rings. The zero-order chi connectivity index (χ0) is 11.4. The predicted octanol–water partition coefficient (Wildman–Crippen LogP) is 2.50. The van der Waals surface area contributed by atoms with Crippen LogP contribution in [-0.4, -0.2) is 26.4 Å². The van der Waals surface area contributed by atoms with Gasteiger partial charge in [0.05, 0.1) is 12.2 Å². The number of rotatable bonds is 3. The Balaban J connectivity index is 2.16. The van der Waals surface area contributed by atoms with E-state index in [-0.39, 0.29) is 12.2 Å². The van der Waals surface area contributed by atoms with Crippen LogP contribution in [0.5, 0.6) is 0 Å². The highest BCUT2D eigenvalue weighted by Gasteiger charge is 2.31. The Morgan fingerprint density at radius 2 is 1.00 bits per heavy atom. The van der Waals surface area contributed by atoms with E-state index >= 15 is 0 Å². The molecule has 2 aliphatic carbocycles. The van der Waals surface area contributed by atoms with Gasteiger partial charge in [0.25, 0.3) is 0 Å². The summed E-state index contributed by atoms with van der Waals surface area (Å²) in [7, 11) is 3.51. The Hall–Kier alpha value is -1.12. The van der Waals surface area contributed by atoms with Gasteiger partial charge in [-0.1, -0.05) is 48.6 Å². The summed E-state index contributed by atoms with van der Waals surface area (Å²) in [6.45, 7) is 0. The maximum Gasteiger partial charge on any atom is 0.0824 e. The van der Waals surface area contributed by atoms with Gasteiger partial charge in [0, 0.05) is 26.1 Å². The molecule has 0 bridgehead atoms. The molecule has 2 nitrogen and oxygen atoms in total. The smallest absolute Gasteiger partial charge is 0.0824 e. The van der Waals surface area contributed by atoms with Crippen LogP contribution in [0.2, 0.25) is 0 Å². The van der Waals surface area contributed by atoms with Gasteiger partial charge in [-0.05, 0) is 0 Å². The topological polar surface area (TPSA) is 18.5 Å². The van der Waals surface area contributed by atoms with Gasteiger partial charge in [0.2, 0.25) is 0 Å². The Morgan fingerprint density at radius 3 is 1.38 bits per heavy atom. The molecule has 86 valence electrons. The molecule has 4 atom stereocenters. The minimum absolute atomic E-state index is 0.142. The second-order valence-corrected chi connectivity index (χ2v) is 4.09. The third kappa shape index (κ3) is 2.18. The van der Waals surface area contributed by atoms with Crippen molar-refractivity contribution in [3.8, 4) is 0 Å². The predicted molar refractivity (Wildman–Crippen MR) is 65.1 cm³/mol. The summed E-state index contributed by atoms with van der Waals surface area (Å²) in [5, 5.41) is 0. The summed E-state index contributed by atoms with van der Waals surface area (Å²) in [6, 6.07) is 0. The van der Waals surface area contributed by atoms with Crippen LogP contribution in [0.4, 0.5) is 0 Å². The highest BCUT2D eigenvalue weighted by Crippen LogP contribution is 2.31. The fourth-order valence-electron chi connectivity index (χ4n) is 2.37. The zero-order valence-electron chi connectivity index (χ0n) is 9.74. The lowest BCUT2D eigenvalue weighted by Crippen LogP contribution is -2.35. The molecule has 0 aromatic rings. The fraction of sp³-hybridized carbons (Fsp3) is 0.429. The molecule has 16 heavy (non-hydrogen) atoms. The van der Waals surface area contributed by atoms with Crippen LogP contribution >= 0.6 is 0 Å². The van der Waals surface area contributed by atoms with Crippen molar-refractivity contribution >= 4 is 0 Å². The van der Waals surface area contributed by atoms with Gasteiger partial charge in [-0.3, -0.25) is 0 Å². The molecule has 2 heteroatoms. The normalized spacial score (nSPS) is 36.9. The van der Waals surface area contributed by atoms with Crippen LogP contribution in [0.15, 0.2) is 48.6 Å². The number of methoxy groups -OCH3 is 2. The number of hydrogen-bond acceptors (Lipinski definition) is 2. The van der Waals surface area contributed by atoms with Crippen LogP contribution in [0.3, 0.4) is 0 Å². The SMILES string of the molecule is COC1C=CC=CC1C1C=CC=C[C@H]1OC. The van der Waals surface area contributed by atoms with Crippen LogP contribution in [-0.2, 0) is 9.47 Å². The molecule has 0 fully saturated rings. The third-order valence-electron chi connectivity index (χ3n) is 3.24. The monoisotopic (exact) mass is 218 g/mol. The van der Waals surface area contributed by atoms with E-state index < -0.39 is 0 Å². The van der Waals surface area contributed by atoms with Crippen molar-refractivity contribution in [2.45, 2.75) is 12.2 Å². The lowest BCUT2D eigenvalue weighted by Gasteiger charge is -2.33. The van der Waals surface area contributed by atoms with Crippen molar-refractivity contribution < 1.29 is 9.47 Å². The van der Waals surface area contributed by atoms with Crippen molar-refractivity contribution in [3.05, 3.63) is 48.6 Å². The lowest BCUT2D eigenvalue weighted by atomic mass is 9.79. The molecule has 0 radical (unpaired) electrons. The molecule has 0 amide bonds. The molecule has 0 aliphatic heterocycles. The Kier molecular flexibility index (Phi) is 3.75. The van der Waals surface area contributed by atoms with Gasteiger partial charge in [0.1, 0.15) is 0 Å². The van der Waals surface area contributed by atoms with Gasteiger partial charge in [-0.15, -0.1) is 0 Å². The summed E-state index contributed by atoms with van der Waals surface area (Å²) in [4.78, 5) is 0. The highest BCUT2D eigenvalue weighted by atomic mass is 16.5. The van der Waals surface area contributed by atoms with Crippen molar-refractivity contribution in [3.63, 3.8) is 0 Å². The maximum atomic E-state index is 5.50. The molecule has 0 spiro atoms. The van der Waals surface area contributed by atoms with Crippen LogP contribution in [0.1, 0.15) is 0 Å². The van der Waals surface area contributed by atoms with Crippen LogP contribution < -0.4 is 0 Å². The summed E-state index contributed by atoms with van der Waals surface area (Å²) in [6.07, 6.45) is 17.1. The molecule has 0 saturated carbocycles. The molecule has 3 unspecified atom stereocenters. The van der Waals surface area contributed by atoms with E-state index in [9.17, 15) is 0 Å². The van der Waals surface area contributed by atoms with E-state index in [0.29, 0.717) is 11.8 Å². The van der Waals surface area contributed by atoms with E-state index in [2.05, 4.69) is 36.5 Å². The average Bonchev–Trinajstić information content (AvgIpc) is 2.38. The average molecular weight is 218 g/mol. The van der Waals surface area contributed by atoms with E-state index in [1.54, 1.807) is 14.2 Å². The van der Waals surface area contributed by atoms with Gasteiger partial charge in [0.15, 0.2) is 0 Å². The molecule has 2 rings (SSSR count). The number of allylic oxidation sites excluding steroid dienone is 4. The van der Waals surface area contributed by atoms with Gasteiger partial charge < -0.3 is 9.47 Å². The highest BCUT2D eigenvalue weighted by molar-refractivity contribution is 5.24. The zero-order valence-corrected chi connectivity index (χ0v) is 9.74. The van der Waals surface area contributed by atoms with Crippen molar-refractivity contribution in [2.75, 3.05) is 14.2 Å². The molecular formula is C14H18O2. The maximum absolute atomic E-state index is 5.50. The van der Waals surface area contributed by atoms with Crippen LogP contribution in [0.25, 0.3) is 0 Å². The lowest BCUT2D eigenvalue weighted by molar-refractivity contribution is 0.0380. The van der Waals surface area contributed by atoms with Crippen molar-refractivity contribution in [1.29, 1.82) is 0 Å². The first-order valence-electron chi connectivity index (χ1n) is 5.62. The quantitative estimate of drug-likeness (QED) is 0.724. The standard InChI is InChI=1S/C14H18O2/c1-15-13-9-5-3-7-11(13)12-8-4-6-10-14(12)16-2/h3-14H,1-2H3/t11?,12?,13-,14?/m1/s1. The van der Waals surface area contributed by atoms with E-state index in [1.807, 2.05) is 12.2 Å². The summed E-state index contributed by atoms with van der Waals surface area (Å²) >= 11 is 0. The summed E-state index contributed by atoms with van der Waals surface area (Å²) in [5.74, 6) is 0.697. The van der Waals surface area contributed by atoms with Crippen molar-refractivity contribution in [1.82, 2.24) is 0 Å². The Bertz CT molecular complexity index is 305. The molecule has 0 N–H and O–H groups in total. The second kappa shape index (κ2) is 5.28. The first kappa shape index (κ1) is 11.4. The van der Waals surface area contributed by atoms with Gasteiger partial charge in [-0.2, -0.15) is 0 Å². The molecular weight excluding hydrogens is 200 g/mol. The Morgan fingerprint density at radius 1 is 0.625 bits per heavy atom. The minimum Gasteiger partial charge on any atom is -0.377 e. The first-order valence-corrected chi connectivity index (χ1v) is 5.62. The largest absolute Gasteiger partial charge is 0.377 e.